The van der Waals surface area contributed by atoms with Crippen LogP contribution in [-0.4, -0.2) is 22.3 Å². The van der Waals surface area contributed by atoms with Crippen LogP contribution in [0, 0.1) is 6.92 Å². The molecule has 11 heteroatoms. The molecule has 0 saturated carbocycles. The predicted molar refractivity (Wildman–Crippen MR) is 93.7 cm³/mol. The minimum atomic E-state index is -1.30. The number of nitrogens with zero attached hydrogens (tertiary/aromatic N) is 3. The number of pyridine rings is 1. The van der Waals surface area contributed by atoms with Gasteiger partial charge in [-0.2, -0.15) is 0 Å². The molecule has 1 aliphatic rings. The van der Waals surface area contributed by atoms with Crippen LogP contribution in [-0.2, 0) is 22.7 Å². The Morgan fingerprint density at radius 3 is 2.47 bits per heavy atom. The Bertz CT molecular complexity index is 939. The monoisotopic (exact) mass is 431 g/mol. The van der Waals surface area contributed by atoms with Gasteiger partial charge in [-0.25, -0.2) is 9.78 Å². The van der Waals surface area contributed by atoms with E-state index < -0.39 is 18.0 Å². The van der Waals surface area contributed by atoms with Crippen molar-refractivity contribution in [1.29, 1.82) is 0 Å². The van der Waals surface area contributed by atoms with Crippen molar-refractivity contribution >= 4 is 17.5 Å². The van der Waals surface area contributed by atoms with Gasteiger partial charge >= 0.3 is 65.1 Å². The van der Waals surface area contributed by atoms with E-state index in [1.54, 1.807) is 6.92 Å². The molecule has 30 heavy (non-hydrogen) atoms. The number of aromatic nitrogens is 1. The van der Waals surface area contributed by atoms with Crippen LogP contribution in [0.2, 0.25) is 0 Å². The van der Waals surface area contributed by atoms with Gasteiger partial charge in [-0.05, 0) is 37.1 Å². The number of benzene rings is 1. The van der Waals surface area contributed by atoms with Crippen molar-refractivity contribution < 1.29 is 88.7 Å². The average molecular weight is 431 g/mol. The van der Waals surface area contributed by atoms with Gasteiger partial charge in [0.25, 0.3) is 0 Å². The van der Waals surface area contributed by atoms with Crippen LogP contribution >= 0.6 is 0 Å². The molecule has 2 heterocycles. The predicted octanol–water partition coefficient (Wildman–Crippen LogP) is -3.17. The first-order valence-electron chi connectivity index (χ1n) is 8.79. The number of hydrogen-bond acceptors (Lipinski definition) is 8. The van der Waals surface area contributed by atoms with E-state index in [9.17, 15) is 15.0 Å². The SMILES string of the molecule is CCCC1OCc2c(N=Nc3ccc(C(=O)O)c([O-])c3)nc(C)c([O-])c2CO1.[Na+].[Na+]. The van der Waals surface area contributed by atoms with Crippen LogP contribution in [0.4, 0.5) is 11.5 Å². The van der Waals surface area contributed by atoms with Crippen molar-refractivity contribution in [2.45, 2.75) is 46.2 Å². The summed E-state index contributed by atoms with van der Waals surface area (Å²) in [5.41, 5.74) is 1.04. The van der Waals surface area contributed by atoms with Crippen molar-refractivity contribution in [1.82, 2.24) is 4.98 Å². The molecule has 148 valence electrons. The summed E-state index contributed by atoms with van der Waals surface area (Å²) in [4.78, 5) is 15.1. The van der Waals surface area contributed by atoms with Gasteiger partial charge in [0.15, 0.2) is 12.1 Å². The Kier molecular flexibility index (Phi) is 10.9. The van der Waals surface area contributed by atoms with Gasteiger partial charge in [0.05, 0.1) is 24.5 Å². The fraction of sp³-hybridized carbons (Fsp3) is 0.368. The van der Waals surface area contributed by atoms with E-state index in [-0.39, 0.29) is 101 Å². The van der Waals surface area contributed by atoms with Gasteiger partial charge in [-0.1, -0.05) is 24.8 Å². The summed E-state index contributed by atoms with van der Waals surface area (Å²) in [5.74, 6) is -1.98. The number of carbonyl (C=O) groups is 1. The van der Waals surface area contributed by atoms with E-state index in [1.807, 2.05) is 6.92 Å². The Hall–Kier alpha value is -1.04. The van der Waals surface area contributed by atoms with Crippen LogP contribution in [0.15, 0.2) is 28.4 Å². The van der Waals surface area contributed by atoms with Crippen molar-refractivity contribution in [3.8, 4) is 11.5 Å². The summed E-state index contributed by atoms with van der Waals surface area (Å²) in [6.07, 6.45) is 1.17. The van der Waals surface area contributed by atoms with Gasteiger partial charge in [0.2, 0.25) is 0 Å². The first-order chi connectivity index (χ1) is 13.4. The number of azo groups is 1. The van der Waals surface area contributed by atoms with Crippen molar-refractivity contribution in [2.75, 3.05) is 0 Å². The fourth-order valence-electron chi connectivity index (χ4n) is 2.81. The molecule has 1 atom stereocenters. The van der Waals surface area contributed by atoms with Gasteiger partial charge < -0.3 is 24.8 Å². The second kappa shape index (κ2) is 12.1. The summed E-state index contributed by atoms with van der Waals surface area (Å²) < 4.78 is 11.4. The zero-order chi connectivity index (χ0) is 20.3. The standard InChI is InChI=1S/C19H21N3O6.2Na/c1-3-4-16-27-8-13-14(9-28-16)18(20-10(2)17(13)24)22-21-11-5-6-12(19(25)26)15(23)7-11;;/h5-7,16,23-24H,3-4,8-9H2,1-2H3,(H,25,26);;/q;2*+1/p-2. The number of carboxylic acids is 1. The molecule has 0 fully saturated rings. The average Bonchev–Trinajstić information content (AvgIpc) is 2.87. The normalized spacial score (nSPS) is 15.6. The summed E-state index contributed by atoms with van der Waals surface area (Å²) >= 11 is 0. The van der Waals surface area contributed by atoms with Crippen LogP contribution in [0.3, 0.4) is 0 Å². The van der Waals surface area contributed by atoms with E-state index in [2.05, 4.69) is 15.2 Å². The molecular weight excluding hydrogens is 412 g/mol. The summed E-state index contributed by atoms with van der Waals surface area (Å²) in [6, 6.07) is 3.63. The molecule has 3 rings (SSSR count). The van der Waals surface area contributed by atoms with E-state index >= 15 is 0 Å². The third-order valence-corrected chi connectivity index (χ3v) is 4.32. The molecule has 1 aromatic heterocycles. The number of rotatable bonds is 5. The third-order valence-electron chi connectivity index (χ3n) is 4.32. The van der Waals surface area contributed by atoms with Crippen molar-refractivity contribution in [2.24, 2.45) is 10.2 Å². The van der Waals surface area contributed by atoms with Crippen LogP contribution in [0.25, 0.3) is 0 Å². The molecular formula is C19H19N3Na2O6. The Morgan fingerprint density at radius 2 is 1.87 bits per heavy atom. The van der Waals surface area contributed by atoms with E-state index in [4.69, 9.17) is 14.6 Å². The largest absolute Gasteiger partial charge is 1.00 e. The van der Waals surface area contributed by atoms with E-state index in [1.165, 1.54) is 12.1 Å². The van der Waals surface area contributed by atoms with Crippen LogP contribution < -0.4 is 69.3 Å². The second-order valence-electron chi connectivity index (χ2n) is 6.33. The Labute approximate surface area is 218 Å². The first-order valence-corrected chi connectivity index (χ1v) is 8.79. The second-order valence-corrected chi connectivity index (χ2v) is 6.33. The zero-order valence-electron chi connectivity index (χ0n) is 17.5. The zero-order valence-corrected chi connectivity index (χ0v) is 21.5. The third kappa shape index (κ3) is 6.24. The molecule has 1 N–H and O–H groups in total. The molecule has 1 unspecified atom stereocenters. The smallest absolute Gasteiger partial charge is 0.872 e. The van der Waals surface area contributed by atoms with Gasteiger partial charge in [-0.3, -0.25) is 0 Å². The van der Waals surface area contributed by atoms with Crippen LogP contribution in [0.1, 0.15) is 46.9 Å². The Morgan fingerprint density at radius 1 is 1.20 bits per heavy atom. The number of hydrogen-bond donors (Lipinski definition) is 1. The Balaban J connectivity index is 0.00000225. The minimum Gasteiger partial charge on any atom is -0.872 e. The van der Waals surface area contributed by atoms with Gasteiger partial charge in [0, 0.05) is 11.3 Å². The fourth-order valence-corrected chi connectivity index (χ4v) is 2.81. The number of fused-ring (bicyclic) bond motifs is 1. The summed E-state index contributed by atoms with van der Waals surface area (Å²) in [5, 5.41) is 41.2. The molecule has 1 aromatic carbocycles. The molecule has 0 radical (unpaired) electrons. The maximum Gasteiger partial charge on any atom is 1.00 e. The molecule has 2 aromatic rings. The molecule has 0 aliphatic carbocycles. The molecule has 1 aliphatic heterocycles. The molecule has 9 nitrogen and oxygen atoms in total. The molecule has 0 saturated heterocycles. The first kappa shape index (κ1) is 27.0. The molecule has 0 spiro atoms. The maximum atomic E-state index is 12.4. The van der Waals surface area contributed by atoms with Gasteiger partial charge in [-0.15, -0.1) is 10.2 Å². The van der Waals surface area contributed by atoms with Gasteiger partial charge in [0.1, 0.15) is 0 Å². The minimum absolute atomic E-state index is 0. The quantitative estimate of drug-likeness (QED) is 0.389. The summed E-state index contributed by atoms with van der Waals surface area (Å²) in [7, 11) is 0. The maximum absolute atomic E-state index is 12.4. The topological polar surface area (TPSA) is 139 Å². The van der Waals surface area contributed by atoms with Crippen molar-refractivity contribution in [3.63, 3.8) is 0 Å². The van der Waals surface area contributed by atoms with E-state index in [0.717, 1.165) is 12.5 Å². The molecule has 0 bridgehead atoms. The summed E-state index contributed by atoms with van der Waals surface area (Å²) in [6.45, 7) is 3.80. The molecule has 0 amide bonds. The van der Waals surface area contributed by atoms with Crippen molar-refractivity contribution in [3.05, 3.63) is 40.6 Å². The number of ether oxygens (including phenoxy) is 2. The number of aromatic carboxylic acids is 1. The van der Waals surface area contributed by atoms with E-state index in [0.29, 0.717) is 17.5 Å². The number of carboxylic acid groups (broad SMARTS) is 1. The van der Waals surface area contributed by atoms with Crippen LogP contribution in [0.5, 0.6) is 11.5 Å². The number of aryl methyl sites for hydroxylation is 1.